The first kappa shape index (κ1) is 17.3. The monoisotopic (exact) mass is 313 g/mol. The van der Waals surface area contributed by atoms with Crippen LogP contribution < -0.4 is 0 Å². The number of esters is 1. The van der Waals surface area contributed by atoms with E-state index in [0.717, 1.165) is 30.2 Å². The molecule has 2 aromatic rings. The molecule has 0 radical (unpaired) electrons. The molecule has 0 aliphatic carbocycles. The smallest absolute Gasteiger partial charge is 0.340 e. The largest absolute Gasteiger partial charge is 0.462 e. The summed E-state index contributed by atoms with van der Waals surface area (Å²) in [7, 11) is 0. The lowest BCUT2D eigenvalue weighted by Crippen LogP contribution is -2.05. The van der Waals surface area contributed by atoms with Gasteiger partial charge in [-0.3, -0.25) is 0 Å². The van der Waals surface area contributed by atoms with E-state index in [-0.39, 0.29) is 5.97 Å². The Morgan fingerprint density at radius 1 is 1.04 bits per heavy atom. The Morgan fingerprint density at radius 2 is 1.74 bits per heavy atom. The lowest BCUT2D eigenvalue weighted by atomic mass is 10.1. The van der Waals surface area contributed by atoms with E-state index in [0.29, 0.717) is 12.2 Å². The average molecular weight is 313 g/mol. The molecule has 0 spiro atoms. The SMILES string of the molecule is C=CCCCCCCCCCOC(=O)c1c[nH]c2ccccc12. The molecule has 0 aliphatic rings. The zero-order valence-corrected chi connectivity index (χ0v) is 13.9. The molecule has 0 amide bonds. The first-order valence-electron chi connectivity index (χ1n) is 8.67. The number of carbonyl (C=O) groups is 1. The topological polar surface area (TPSA) is 42.1 Å². The molecule has 1 aromatic carbocycles. The van der Waals surface area contributed by atoms with Gasteiger partial charge in [-0.05, 0) is 25.3 Å². The number of hydrogen-bond donors (Lipinski definition) is 1. The Morgan fingerprint density at radius 3 is 2.52 bits per heavy atom. The van der Waals surface area contributed by atoms with Crippen molar-refractivity contribution in [1.82, 2.24) is 4.98 Å². The van der Waals surface area contributed by atoms with Crippen LogP contribution in [-0.2, 0) is 4.74 Å². The summed E-state index contributed by atoms with van der Waals surface area (Å²) in [5.41, 5.74) is 1.60. The van der Waals surface area contributed by atoms with E-state index in [2.05, 4.69) is 11.6 Å². The Balaban J connectivity index is 1.58. The predicted molar refractivity (Wildman–Crippen MR) is 95.7 cm³/mol. The highest BCUT2D eigenvalue weighted by atomic mass is 16.5. The number of nitrogens with one attached hydrogen (secondary N) is 1. The summed E-state index contributed by atoms with van der Waals surface area (Å²) in [4.78, 5) is 15.2. The van der Waals surface area contributed by atoms with Crippen LogP contribution in [0.4, 0.5) is 0 Å². The highest BCUT2D eigenvalue weighted by Gasteiger charge is 2.12. The van der Waals surface area contributed by atoms with Crippen molar-refractivity contribution >= 4 is 16.9 Å². The maximum atomic E-state index is 12.1. The van der Waals surface area contributed by atoms with Gasteiger partial charge >= 0.3 is 5.97 Å². The van der Waals surface area contributed by atoms with Crippen LogP contribution in [0.25, 0.3) is 10.9 Å². The van der Waals surface area contributed by atoms with Crippen molar-refractivity contribution in [2.45, 2.75) is 51.4 Å². The second-order valence-corrected chi connectivity index (χ2v) is 5.94. The second-order valence-electron chi connectivity index (χ2n) is 5.94. The van der Waals surface area contributed by atoms with Crippen LogP contribution >= 0.6 is 0 Å². The van der Waals surface area contributed by atoms with Crippen molar-refractivity contribution in [3.05, 3.63) is 48.7 Å². The first-order chi connectivity index (χ1) is 11.3. The van der Waals surface area contributed by atoms with E-state index in [1.807, 2.05) is 30.3 Å². The van der Waals surface area contributed by atoms with E-state index < -0.39 is 0 Å². The highest BCUT2D eigenvalue weighted by molar-refractivity contribution is 6.03. The van der Waals surface area contributed by atoms with Crippen LogP contribution in [0.1, 0.15) is 61.7 Å². The van der Waals surface area contributed by atoms with Crippen molar-refractivity contribution in [3.63, 3.8) is 0 Å². The third-order valence-corrected chi connectivity index (χ3v) is 4.09. The van der Waals surface area contributed by atoms with Gasteiger partial charge in [0.25, 0.3) is 0 Å². The van der Waals surface area contributed by atoms with Gasteiger partial charge in [0, 0.05) is 17.1 Å². The van der Waals surface area contributed by atoms with Gasteiger partial charge in [0.2, 0.25) is 0 Å². The summed E-state index contributed by atoms with van der Waals surface area (Å²) in [5, 5.41) is 0.928. The summed E-state index contributed by atoms with van der Waals surface area (Å²) < 4.78 is 5.38. The van der Waals surface area contributed by atoms with Gasteiger partial charge in [-0.2, -0.15) is 0 Å². The predicted octanol–water partition coefficient (Wildman–Crippen LogP) is 5.63. The number of aromatic amines is 1. The van der Waals surface area contributed by atoms with Crippen LogP contribution in [0.2, 0.25) is 0 Å². The fourth-order valence-corrected chi connectivity index (χ4v) is 2.76. The van der Waals surface area contributed by atoms with E-state index in [1.165, 1.54) is 32.1 Å². The summed E-state index contributed by atoms with van der Waals surface area (Å²) in [6.07, 6.45) is 13.3. The molecule has 124 valence electrons. The summed E-state index contributed by atoms with van der Waals surface area (Å²) in [5.74, 6) is -0.230. The number of benzene rings is 1. The van der Waals surface area contributed by atoms with E-state index in [4.69, 9.17) is 4.74 Å². The number of para-hydroxylation sites is 1. The number of ether oxygens (including phenoxy) is 1. The molecule has 0 saturated heterocycles. The first-order valence-corrected chi connectivity index (χ1v) is 8.67. The molecule has 1 heterocycles. The number of allylic oxidation sites excluding steroid dienone is 1. The molecule has 3 nitrogen and oxygen atoms in total. The zero-order chi connectivity index (χ0) is 16.3. The lowest BCUT2D eigenvalue weighted by Gasteiger charge is -2.04. The molecule has 2 rings (SSSR count). The molecule has 0 atom stereocenters. The number of aromatic nitrogens is 1. The highest BCUT2D eigenvalue weighted by Crippen LogP contribution is 2.18. The maximum absolute atomic E-state index is 12.1. The van der Waals surface area contributed by atoms with Gasteiger partial charge in [-0.15, -0.1) is 6.58 Å². The van der Waals surface area contributed by atoms with E-state index >= 15 is 0 Å². The number of rotatable bonds is 11. The number of hydrogen-bond acceptors (Lipinski definition) is 2. The molecular weight excluding hydrogens is 286 g/mol. The van der Waals surface area contributed by atoms with Crippen molar-refractivity contribution in [3.8, 4) is 0 Å². The van der Waals surface area contributed by atoms with Gasteiger partial charge < -0.3 is 9.72 Å². The van der Waals surface area contributed by atoms with Crippen LogP contribution in [0.5, 0.6) is 0 Å². The molecule has 0 bridgehead atoms. The van der Waals surface area contributed by atoms with Gasteiger partial charge in [-0.25, -0.2) is 4.79 Å². The number of carbonyl (C=O) groups excluding carboxylic acids is 1. The quantitative estimate of drug-likeness (QED) is 0.332. The minimum absolute atomic E-state index is 0.230. The van der Waals surface area contributed by atoms with Gasteiger partial charge in [0.15, 0.2) is 0 Å². The molecule has 1 N–H and O–H groups in total. The summed E-state index contributed by atoms with van der Waals surface area (Å²) in [6.45, 7) is 4.24. The number of fused-ring (bicyclic) bond motifs is 1. The number of unbranched alkanes of at least 4 members (excludes halogenated alkanes) is 7. The minimum atomic E-state index is -0.230. The van der Waals surface area contributed by atoms with Crippen LogP contribution in [-0.4, -0.2) is 17.6 Å². The van der Waals surface area contributed by atoms with Crippen LogP contribution in [0, 0.1) is 0 Å². The Bertz CT molecular complexity index is 615. The van der Waals surface area contributed by atoms with Gasteiger partial charge in [-0.1, -0.05) is 56.4 Å². The van der Waals surface area contributed by atoms with E-state index in [1.54, 1.807) is 6.20 Å². The van der Waals surface area contributed by atoms with Gasteiger partial charge in [0.05, 0.1) is 12.2 Å². The molecule has 1 aromatic heterocycles. The molecule has 0 unspecified atom stereocenters. The average Bonchev–Trinajstić information content (AvgIpc) is 3.00. The molecular formula is C20H27NO2. The molecule has 23 heavy (non-hydrogen) atoms. The van der Waals surface area contributed by atoms with Gasteiger partial charge in [0.1, 0.15) is 0 Å². The standard InChI is InChI=1S/C20H27NO2/c1-2-3-4-5-6-7-8-9-12-15-23-20(22)18-16-21-19-14-11-10-13-17(18)19/h2,10-11,13-14,16,21H,1,3-9,12,15H2. The minimum Gasteiger partial charge on any atom is -0.462 e. The maximum Gasteiger partial charge on any atom is 0.340 e. The van der Waals surface area contributed by atoms with Crippen LogP contribution in [0.15, 0.2) is 43.1 Å². The zero-order valence-electron chi connectivity index (χ0n) is 13.9. The van der Waals surface area contributed by atoms with Crippen molar-refractivity contribution in [1.29, 1.82) is 0 Å². The van der Waals surface area contributed by atoms with Crippen molar-refractivity contribution < 1.29 is 9.53 Å². The fraction of sp³-hybridized carbons (Fsp3) is 0.450. The fourth-order valence-electron chi connectivity index (χ4n) is 2.76. The molecule has 0 saturated carbocycles. The Labute approximate surface area is 138 Å². The normalized spacial score (nSPS) is 10.8. The summed E-state index contributed by atoms with van der Waals surface area (Å²) >= 11 is 0. The molecule has 0 fully saturated rings. The van der Waals surface area contributed by atoms with Crippen molar-refractivity contribution in [2.75, 3.05) is 6.61 Å². The lowest BCUT2D eigenvalue weighted by molar-refractivity contribution is 0.0500. The molecule has 0 aliphatic heterocycles. The molecule has 3 heteroatoms. The third-order valence-electron chi connectivity index (χ3n) is 4.09. The van der Waals surface area contributed by atoms with E-state index in [9.17, 15) is 4.79 Å². The number of H-pyrrole nitrogens is 1. The second kappa shape index (κ2) is 9.88. The third kappa shape index (κ3) is 5.59. The Kier molecular flexibility index (Phi) is 7.44. The Hall–Kier alpha value is -2.03. The van der Waals surface area contributed by atoms with Crippen LogP contribution in [0.3, 0.4) is 0 Å². The summed E-state index contributed by atoms with van der Waals surface area (Å²) in [6, 6.07) is 7.78. The van der Waals surface area contributed by atoms with Crippen molar-refractivity contribution in [2.24, 2.45) is 0 Å².